The second kappa shape index (κ2) is 7.33. The van der Waals surface area contributed by atoms with Crippen molar-refractivity contribution in [2.45, 2.75) is 39.2 Å². The molecule has 0 bridgehead atoms. The Morgan fingerprint density at radius 1 is 1.28 bits per heavy atom. The minimum atomic E-state index is -0.184. The van der Waals surface area contributed by atoms with Crippen LogP contribution < -0.4 is 10.6 Å². The SMILES string of the molecule is CCC(CC)NC(=O)Nc1ccc(CC#N)cc1. The van der Waals surface area contributed by atoms with Gasteiger partial charge in [0.15, 0.2) is 0 Å². The van der Waals surface area contributed by atoms with E-state index in [2.05, 4.69) is 16.7 Å². The van der Waals surface area contributed by atoms with Crippen molar-refractivity contribution in [1.29, 1.82) is 5.26 Å². The van der Waals surface area contributed by atoms with Crippen LogP contribution in [0.4, 0.5) is 10.5 Å². The van der Waals surface area contributed by atoms with Crippen LogP contribution in [-0.4, -0.2) is 12.1 Å². The summed E-state index contributed by atoms with van der Waals surface area (Å²) in [7, 11) is 0. The monoisotopic (exact) mass is 245 g/mol. The van der Waals surface area contributed by atoms with Crippen LogP contribution in [0.1, 0.15) is 32.3 Å². The number of nitrogens with zero attached hydrogens (tertiary/aromatic N) is 1. The largest absolute Gasteiger partial charge is 0.335 e. The van der Waals surface area contributed by atoms with Gasteiger partial charge in [-0.2, -0.15) is 5.26 Å². The van der Waals surface area contributed by atoms with Gasteiger partial charge in [-0.1, -0.05) is 26.0 Å². The van der Waals surface area contributed by atoms with E-state index in [9.17, 15) is 4.79 Å². The second-order valence-corrected chi connectivity index (χ2v) is 4.14. The Kier molecular flexibility index (Phi) is 5.72. The van der Waals surface area contributed by atoms with Crippen LogP contribution in [0.5, 0.6) is 0 Å². The number of nitrogens with one attached hydrogen (secondary N) is 2. The van der Waals surface area contributed by atoms with Crippen molar-refractivity contribution in [1.82, 2.24) is 5.32 Å². The molecule has 1 aromatic carbocycles. The summed E-state index contributed by atoms with van der Waals surface area (Å²) in [5.41, 5.74) is 1.68. The molecule has 0 unspecified atom stereocenters. The average Bonchev–Trinajstić information content (AvgIpc) is 2.38. The van der Waals surface area contributed by atoms with Gasteiger partial charge in [0.05, 0.1) is 12.5 Å². The third kappa shape index (κ3) is 4.46. The zero-order chi connectivity index (χ0) is 13.4. The molecule has 1 rings (SSSR count). The Morgan fingerprint density at radius 2 is 1.89 bits per heavy atom. The zero-order valence-corrected chi connectivity index (χ0v) is 10.9. The molecule has 1 aromatic rings. The zero-order valence-electron chi connectivity index (χ0n) is 10.9. The van der Waals surface area contributed by atoms with Crippen LogP contribution in [-0.2, 0) is 6.42 Å². The van der Waals surface area contributed by atoms with E-state index in [4.69, 9.17) is 5.26 Å². The quantitative estimate of drug-likeness (QED) is 0.837. The van der Waals surface area contributed by atoms with Crippen LogP contribution in [0.25, 0.3) is 0 Å². The van der Waals surface area contributed by atoms with Crippen molar-refractivity contribution >= 4 is 11.7 Å². The molecular formula is C14H19N3O. The fourth-order valence-electron chi connectivity index (χ4n) is 1.64. The molecular weight excluding hydrogens is 226 g/mol. The van der Waals surface area contributed by atoms with E-state index in [0.29, 0.717) is 6.42 Å². The number of carbonyl (C=O) groups excluding carboxylic acids is 1. The summed E-state index contributed by atoms with van der Waals surface area (Å²) >= 11 is 0. The first-order valence-corrected chi connectivity index (χ1v) is 6.23. The van der Waals surface area contributed by atoms with E-state index in [-0.39, 0.29) is 12.1 Å². The summed E-state index contributed by atoms with van der Waals surface area (Å²) in [6.45, 7) is 4.09. The summed E-state index contributed by atoms with van der Waals surface area (Å²) < 4.78 is 0. The standard InChI is InChI=1S/C14H19N3O/c1-3-12(4-2)16-14(18)17-13-7-5-11(6-8-13)9-10-15/h5-8,12H,3-4,9H2,1-2H3,(H2,16,17,18). The highest BCUT2D eigenvalue weighted by atomic mass is 16.2. The van der Waals surface area contributed by atoms with Gasteiger partial charge in [0.1, 0.15) is 0 Å². The molecule has 0 aliphatic carbocycles. The molecule has 0 saturated heterocycles. The van der Waals surface area contributed by atoms with Crippen LogP contribution >= 0.6 is 0 Å². The first-order chi connectivity index (χ1) is 8.69. The highest BCUT2D eigenvalue weighted by molar-refractivity contribution is 5.89. The molecule has 2 N–H and O–H groups in total. The lowest BCUT2D eigenvalue weighted by molar-refractivity contribution is 0.247. The third-order valence-electron chi connectivity index (χ3n) is 2.82. The number of nitriles is 1. The maximum absolute atomic E-state index is 11.7. The molecule has 18 heavy (non-hydrogen) atoms. The number of benzene rings is 1. The predicted molar refractivity (Wildman–Crippen MR) is 72.3 cm³/mol. The Bertz CT molecular complexity index is 416. The lowest BCUT2D eigenvalue weighted by Crippen LogP contribution is -2.37. The summed E-state index contributed by atoms with van der Waals surface area (Å²) in [6, 6.07) is 9.41. The first-order valence-electron chi connectivity index (χ1n) is 6.23. The Hall–Kier alpha value is -2.02. The summed E-state index contributed by atoms with van der Waals surface area (Å²) in [4.78, 5) is 11.7. The highest BCUT2D eigenvalue weighted by Crippen LogP contribution is 2.10. The van der Waals surface area contributed by atoms with Gasteiger partial charge in [0.2, 0.25) is 0 Å². The van der Waals surface area contributed by atoms with Gasteiger partial charge in [-0.05, 0) is 30.5 Å². The molecule has 0 aromatic heterocycles. The van der Waals surface area contributed by atoms with E-state index in [1.165, 1.54) is 0 Å². The molecule has 96 valence electrons. The van der Waals surface area contributed by atoms with Crippen LogP contribution in [0.3, 0.4) is 0 Å². The van der Waals surface area contributed by atoms with E-state index >= 15 is 0 Å². The number of urea groups is 1. The van der Waals surface area contributed by atoms with Gasteiger partial charge in [0, 0.05) is 11.7 Å². The molecule has 0 aliphatic rings. The van der Waals surface area contributed by atoms with Gasteiger partial charge < -0.3 is 10.6 Å². The second-order valence-electron chi connectivity index (χ2n) is 4.14. The van der Waals surface area contributed by atoms with Gasteiger partial charge >= 0.3 is 6.03 Å². The van der Waals surface area contributed by atoms with Crippen molar-refractivity contribution in [3.8, 4) is 6.07 Å². The minimum absolute atomic E-state index is 0.184. The molecule has 0 atom stereocenters. The maximum atomic E-state index is 11.7. The smallest absolute Gasteiger partial charge is 0.319 e. The lowest BCUT2D eigenvalue weighted by Gasteiger charge is -2.15. The number of hydrogen-bond donors (Lipinski definition) is 2. The van der Waals surface area contributed by atoms with Crippen molar-refractivity contribution in [3.63, 3.8) is 0 Å². The van der Waals surface area contributed by atoms with E-state index < -0.39 is 0 Å². The Labute approximate surface area is 108 Å². The van der Waals surface area contributed by atoms with Crippen molar-refractivity contribution < 1.29 is 4.79 Å². The highest BCUT2D eigenvalue weighted by Gasteiger charge is 2.07. The number of rotatable bonds is 5. The fourth-order valence-corrected chi connectivity index (χ4v) is 1.64. The molecule has 2 amide bonds. The molecule has 0 spiro atoms. The molecule has 4 nitrogen and oxygen atoms in total. The fraction of sp³-hybridized carbons (Fsp3) is 0.429. The molecule has 0 heterocycles. The third-order valence-corrected chi connectivity index (χ3v) is 2.82. The summed E-state index contributed by atoms with van der Waals surface area (Å²) in [5.74, 6) is 0. The minimum Gasteiger partial charge on any atom is -0.335 e. The molecule has 0 aliphatic heterocycles. The van der Waals surface area contributed by atoms with E-state index in [0.717, 1.165) is 24.1 Å². The molecule has 0 saturated carbocycles. The average molecular weight is 245 g/mol. The van der Waals surface area contributed by atoms with Gasteiger partial charge in [-0.15, -0.1) is 0 Å². The molecule has 4 heteroatoms. The topological polar surface area (TPSA) is 64.9 Å². The number of carbonyl (C=O) groups is 1. The van der Waals surface area contributed by atoms with Crippen LogP contribution in [0.15, 0.2) is 24.3 Å². The van der Waals surface area contributed by atoms with Crippen molar-refractivity contribution in [2.75, 3.05) is 5.32 Å². The normalized spacial score (nSPS) is 9.89. The molecule has 0 fully saturated rings. The van der Waals surface area contributed by atoms with Gasteiger partial charge in [-0.3, -0.25) is 0 Å². The van der Waals surface area contributed by atoms with Gasteiger partial charge in [-0.25, -0.2) is 4.79 Å². The summed E-state index contributed by atoms with van der Waals surface area (Å²) in [6.07, 6.45) is 2.23. The maximum Gasteiger partial charge on any atom is 0.319 e. The van der Waals surface area contributed by atoms with Crippen molar-refractivity contribution in [3.05, 3.63) is 29.8 Å². The number of hydrogen-bond acceptors (Lipinski definition) is 2. The number of anilines is 1. The van der Waals surface area contributed by atoms with Crippen molar-refractivity contribution in [2.24, 2.45) is 0 Å². The van der Waals surface area contributed by atoms with E-state index in [1.54, 1.807) is 12.1 Å². The molecule has 0 radical (unpaired) electrons. The lowest BCUT2D eigenvalue weighted by atomic mass is 10.1. The number of amides is 2. The summed E-state index contributed by atoms with van der Waals surface area (Å²) in [5, 5.41) is 14.2. The first kappa shape index (κ1) is 14.0. The van der Waals surface area contributed by atoms with Crippen LogP contribution in [0, 0.1) is 11.3 Å². The Morgan fingerprint density at radius 3 is 2.39 bits per heavy atom. The van der Waals surface area contributed by atoms with Crippen LogP contribution in [0.2, 0.25) is 0 Å². The van der Waals surface area contributed by atoms with Gasteiger partial charge in [0.25, 0.3) is 0 Å². The predicted octanol–water partition coefficient (Wildman–Crippen LogP) is 3.06. The Balaban J connectivity index is 2.52. The van der Waals surface area contributed by atoms with E-state index in [1.807, 2.05) is 26.0 Å².